The first-order chi connectivity index (χ1) is 7.31. The fourth-order valence-electron chi connectivity index (χ4n) is 1.46. The summed E-state index contributed by atoms with van der Waals surface area (Å²) < 4.78 is 4.98. The molecule has 15 heavy (non-hydrogen) atoms. The van der Waals surface area contributed by atoms with Crippen LogP contribution in [0.3, 0.4) is 0 Å². The number of hydrogen-bond acceptors (Lipinski definition) is 5. The zero-order valence-corrected chi connectivity index (χ0v) is 10.1. The minimum Gasteiger partial charge on any atom is -0.465 e. The highest BCUT2D eigenvalue weighted by Gasteiger charge is 2.31. The van der Waals surface area contributed by atoms with Gasteiger partial charge in [0.1, 0.15) is 6.04 Å². The molecule has 5 heteroatoms. The van der Waals surface area contributed by atoms with Crippen LogP contribution < -0.4 is 5.32 Å². The minimum atomic E-state index is -0.151. The predicted molar refractivity (Wildman–Crippen MR) is 63.1 cm³/mol. The lowest BCUT2D eigenvalue weighted by molar-refractivity contribution is -0.144. The van der Waals surface area contributed by atoms with E-state index in [1.165, 1.54) is 4.88 Å². The van der Waals surface area contributed by atoms with E-state index in [-0.39, 0.29) is 17.4 Å². The highest BCUT2D eigenvalue weighted by molar-refractivity contribution is 7.99. The lowest BCUT2D eigenvalue weighted by Gasteiger charge is -2.10. The van der Waals surface area contributed by atoms with Gasteiger partial charge in [-0.3, -0.25) is 10.1 Å². The Hall–Kier alpha value is -0.520. The topological polar surface area (TPSA) is 38.3 Å². The van der Waals surface area contributed by atoms with Gasteiger partial charge in [-0.05, 0) is 18.4 Å². The second-order valence-corrected chi connectivity index (χ2v) is 5.32. The molecule has 2 atom stereocenters. The smallest absolute Gasteiger partial charge is 0.324 e. The van der Waals surface area contributed by atoms with Crippen molar-refractivity contribution in [2.45, 2.75) is 18.3 Å². The highest BCUT2D eigenvalue weighted by atomic mass is 32.2. The molecule has 0 spiro atoms. The molecule has 0 saturated carbocycles. The third-order valence-corrected chi connectivity index (χ3v) is 4.49. The maximum atomic E-state index is 11.5. The predicted octanol–water partition coefficient (Wildman–Crippen LogP) is 2.01. The van der Waals surface area contributed by atoms with E-state index in [1.807, 2.05) is 13.0 Å². The molecule has 0 bridgehead atoms. The van der Waals surface area contributed by atoms with Crippen LogP contribution in [0.4, 0.5) is 0 Å². The summed E-state index contributed by atoms with van der Waals surface area (Å²) in [4.78, 5) is 12.7. The number of carbonyl (C=O) groups excluding carboxylic acids is 1. The number of esters is 1. The first-order valence-corrected chi connectivity index (χ1v) is 6.81. The van der Waals surface area contributed by atoms with Gasteiger partial charge in [0, 0.05) is 10.6 Å². The molecule has 1 fully saturated rings. The van der Waals surface area contributed by atoms with Crippen LogP contribution in [0, 0.1) is 0 Å². The first-order valence-electron chi connectivity index (χ1n) is 4.89. The van der Waals surface area contributed by atoms with E-state index in [0.717, 1.165) is 5.75 Å². The van der Waals surface area contributed by atoms with E-state index in [2.05, 4.69) is 16.8 Å². The van der Waals surface area contributed by atoms with Crippen molar-refractivity contribution in [3.8, 4) is 0 Å². The van der Waals surface area contributed by atoms with Gasteiger partial charge in [0.15, 0.2) is 0 Å². The third-order valence-electron chi connectivity index (χ3n) is 2.15. The number of nitrogens with one attached hydrogen (secondary N) is 1. The number of rotatable bonds is 3. The van der Waals surface area contributed by atoms with Gasteiger partial charge < -0.3 is 4.74 Å². The summed E-state index contributed by atoms with van der Waals surface area (Å²) in [5.74, 6) is 0.658. The monoisotopic (exact) mass is 243 g/mol. The third kappa shape index (κ3) is 2.53. The Balaban J connectivity index is 1.92. The first kappa shape index (κ1) is 11.0. The zero-order chi connectivity index (χ0) is 10.7. The van der Waals surface area contributed by atoms with Crippen molar-refractivity contribution in [1.82, 2.24) is 5.32 Å². The molecule has 1 saturated heterocycles. The van der Waals surface area contributed by atoms with Gasteiger partial charge in [-0.1, -0.05) is 6.07 Å². The Labute approximate surface area is 97.2 Å². The van der Waals surface area contributed by atoms with E-state index < -0.39 is 0 Å². The molecule has 2 heterocycles. The van der Waals surface area contributed by atoms with Crippen molar-refractivity contribution >= 4 is 29.1 Å². The Morgan fingerprint density at radius 1 is 1.73 bits per heavy atom. The lowest BCUT2D eigenvalue weighted by atomic mass is 10.3. The fourth-order valence-corrected chi connectivity index (χ4v) is 3.61. The van der Waals surface area contributed by atoms with Gasteiger partial charge in [0.25, 0.3) is 0 Å². The van der Waals surface area contributed by atoms with Crippen LogP contribution in [0.5, 0.6) is 0 Å². The van der Waals surface area contributed by atoms with Crippen LogP contribution in [0.1, 0.15) is 17.2 Å². The molecular formula is C10H13NO2S2. The second kappa shape index (κ2) is 5.01. The Morgan fingerprint density at radius 3 is 3.27 bits per heavy atom. The number of thiophene rings is 1. The maximum absolute atomic E-state index is 11.5. The molecule has 1 aromatic heterocycles. The van der Waals surface area contributed by atoms with Crippen LogP contribution in [0.25, 0.3) is 0 Å². The van der Waals surface area contributed by atoms with Crippen molar-refractivity contribution in [1.29, 1.82) is 0 Å². The molecule has 2 rings (SSSR count). The molecule has 1 aromatic rings. The molecule has 0 radical (unpaired) electrons. The molecule has 0 aliphatic carbocycles. The number of carbonyl (C=O) groups is 1. The van der Waals surface area contributed by atoms with Crippen molar-refractivity contribution in [3.63, 3.8) is 0 Å². The second-order valence-electron chi connectivity index (χ2n) is 3.20. The minimum absolute atomic E-state index is 0.135. The van der Waals surface area contributed by atoms with Crippen molar-refractivity contribution < 1.29 is 9.53 Å². The van der Waals surface area contributed by atoms with Gasteiger partial charge in [0.05, 0.1) is 12.0 Å². The molecule has 0 aromatic carbocycles. The van der Waals surface area contributed by atoms with Gasteiger partial charge in [-0.25, -0.2) is 0 Å². The Morgan fingerprint density at radius 2 is 2.60 bits per heavy atom. The highest BCUT2D eigenvalue weighted by Crippen LogP contribution is 2.35. The molecule has 0 unspecified atom stereocenters. The van der Waals surface area contributed by atoms with Gasteiger partial charge in [-0.2, -0.15) is 0 Å². The summed E-state index contributed by atoms with van der Waals surface area (Å²) in [6.07, 6.45) is 0. The van der Waals surface area contributed by atoms with Crippen LogP contribution in [0.15, 0.2) is 17.5 Å². The summed E-state index contributed by atoms with van der Waals surface area (Å²) in [6.45, 7) is 2.28. The molecular weight excluding hydrogens is 230 g/mol. The molecule has 3 nitrogen and oxygen atoms in total. The van der Waals surface area contributed by atoms with Gasteiger partial charge in [0.2, 0.25) is 0 Å². The summed E-state index contributed by atoms with van der Waals surface area (Å²) in [6, 6.07) is 3.96. The average Bonchev–Trinajstić information content (AvgIpc) is 2.89. The summed E-state index contributed by atoms with van der Waals surface area (Å²) in [5, 5.41) is 5.58. The van der Waals surface area contributed by atoms with Crippen LogP contribution in [-0.2, 0) is 9.53 Å². The van der Waals surface area contributed by atoms with Gasteiger partial charge in [-0.15, -0.1) is 23.1 Å². The fraction of sp³-hybridized carbons (Fsp3) is 0.500. The molecule has 0 amide bonds. The number of ether oxygens (including phenoxy) is 1. The summed E-state index contributed by atoms with van der Waals surface area (Å²) >= 11 is 3.47. The molecule has 1 aliphatic heterocycles. The maximum Gasteiger partial charge on any atom is 0.324 e. The lowest BCUT2D eigenvalue weighted by Crippen LogP contribution is -2.35. The molecule has 1 N–H and O–H groups in total. The summed E-state index contributed by atoms with van der Waals surface area (Å²) in [5.41, 5.74) is 0. The van der Waals surface area contributed by atoms with E-state index in [9.17, 15) is 4.79 Å². The quantitative estimate of drug-likeness (QED) is 0.824. The van der Waals surface area contributed by atoms with E-state index in [4.69, 9.17) is 4.74 Å². The van der Waals surface area contributed by atoms with E-state index in [0.29, 0.717) is 6.61 Å². The van der Waals surface area contributed by atoms with Gasteiger partial charge >= 0.3 is 5.97 Å². The van der Waals surface area contributed by atoms with E-state index in [1.54, 1.807) is 23.1 Å². The largest absolute Gasteiger partial charge is 0.465 e. The molecule has 82 valence electrons. The zero-order valence-electron chi connectivity index (χ0n) is 8.43. The van der Waals surface area contributed by atoms with Crippen LogP contribution in [-0.4, -0.2) is 24.4 Å². The summed E-state index contributed by atoms with van der Waals surface area (Å²) in [7, 11) is 0. The average molecular weight is 243 g/mol. The SMILES string of the molecule is CCOC(=O)[C@H]1CS[C@@H](c2cccs2)N1. The van der Waals surface area contributed by atoms with Crippen LogP contribution in [0.2, 0.25) is 0 Å². The van der Waals surface area contributed by atoms with E-state index >= 15 is 0 Å². The number of hydrogen-bond donors (Lipinski definition) is 1. The standard InChI is InChI=1S/C10H13NO2S2/c1-2-13-10(12)7-6-15-9(11-7)8-4-3-5-14-8/h3-5,7,9,11H,2,6H2,1H3/t7-,9+/m1/s1. The normalized spacial score (nSPS) is 25.4. The van der Waals surface area contributed by atoms with Crippen molar-refractivity contribution in [2.24, 2.45) is 0 Å². The van der Waals surface area contributed by atoms with Crippen molar-refractivity contribution in [2.75, 3.05) is 12.4 Å². The number of thioether (sulfide) groups is 1. The Bertz CT molecular complexity index is 326. The molecule has 1 aliphatic rings. The Kier molecular flexibility index (Phi) is 3.66. The van der Waals surface area contributed by atoms with Crippen LogP contribution >= 0.6 is 23.1 Å². The van der Waals surface area contributed by atoms with Crippen molar-refractivity contribution in [3.05, 3.63) is 22.4 Å².